The molecule has 0 amide bonds. The zero-order chi connectivity index (χ0) is 19.2. The van der Waals surface area contributed by atoms with E-state index in [0.717, 1.165) is 17.6 Å². The number of benzene rings is 1. The minimum Gasteiger partial charge on any atom is -0.354 e. The molecule has 1 fully saturated rings. The van der Waals surface area contributed by atoms with Gasteiger partial charge < -0.3 is 14.7 Å². The maximum absolute atomic E-state index is 4.50. The van der Waals surface area contributed by atoms with Gasteiger partial charge in [0.15, 0.2) is 5.13 Å². The number of hydrogen-bond acceptors (Lipinski definition) is 5. The molecule has 0 saturated carbocycles. The van der Waals surface area contributed by atoms with Crippen molar-refractivity contribution in [2.45, 2.75) is 32.7 Å². The average molecular weight is 387 g/mol. The Balaban J connectivity index is 1.45. The Kier molecular flexibility index (Phi) is 7.27. The molecule has 2 heterocycles. The SMILES string of the molecule is Cc1ccccc1CCN1CCC[C@H](CN(C)Cc2cnc(N(C)C)s2)C1. The zero-order valence-corrected chi connectivity index (χ0v) is 18.1. The molecular weight excluding hydrogens is 352 g/mol. The molecule has 2 aromatic rings. The van der Waals surface area contributed by atoms with Crippen LogP contribution in [0.4, 0.5) is 5.13 Å². The van der Waals surface area contributed by atoms with Crippen LogP contribution in [0.25, 0.3) is 0 Å². The molecule has 1 aromatic carbocycles. The molecule has 0 N–H and O–H groups in total. The molecule has 0 bridgehead atoms. The van der Waals surface area contributed by atoms with E-state index in [1.807, 2.05) is 6.20 Å². The first-order valence-electron chi connectivity index (χ1n) is 10.1. The van der Waals surface area contributed by atoms with Crippen molar-refractivity contribution in [1.29, 1.82) is 0 Å². The number of aromatic nitrogens is 1. The van der Waals surface area contributed by atoms with E-state index >= 15 is 0 Å². The number of rotatable bonds is 8. The summed E-state index contributed by atoms with van der Waals surface area (Å²) < 4.78 is 0. The van der Waals surface area contributed by atoms with Crippen molar-refractivity contribution in [3.05, 3.63) is 46.5 Å². The van der Waals surface area contributed by atoms with E-state index in [0.29, 0.717) is 0 Å². The van der Waals surface area contributed by atoms with Crippen molar-refractivity contribution < 1.29 is 0 Å². The lowest BCUT2D eigenvalue weighted by Gasteiger charge is -2.34. The molecule has 27 heavy (non-hydrogen) atoms. The predicted octanol–water partition coefficient (Wildman–Crippen LogP) is 3.90. The molecule has 1 aromatic heterocycles. The number of piperidine rings is 1. The topological polar surface area (TPSA) is 22.6 Å². The highest BCUT2D eigenvalue weighted by molar-refractivity contribution is 7.15. The lowest BCUT2D eigenvalue weighted by molar-refractivity contribution is 0.142. The molecule has 148 valence electrons. The van der Waals surface area contributed by atoms with Gasteiger partial charge in [-0.25, -0.2) is 4.98 Å². The fourth-order valence-corrected chi connectivity index (χ4v) is 4.93. The minimum absolute atomic E-state index is 0.780. The van der Waals surface area contributed by atoms with E-state index < -0.39 is 0 Å². The minimum atomic E-state index is 0.780. The largest absolute Gasteiger partial charge is 0.354 e. The Labute approximate surface area is 168 Å². The van der Waals surface area contributed by atoms with Gasteiger partial charge in [0.1, 0.15) is 0 Å². The summed E-state index contributed by atoms with van der Waals surface area (Å²) >= 11 is 1.80. The van der Waals surface area contributed by atoms with Crippen LogP contribution in [0.15, 0.2) is 30.5 Å². The molecule has 3 rings (SSSR count). The van der Waals surface area contributed by atoms with Gasteiger partial charge in [0, 0.05) is 51.3 Å². The summed E-state index contributed by atoms with van der Waals surface area (Å²) in [6, 6.07) is 8.81. The van der Waals surface area contributed by atoms with E-state index in [-0.39, 0.29) is 0 Å². The van der Waals surface area contributed by atoms with Crippen molar-refractivity contribution in [3.63, 3.8) is 0 Å². The number of thiazole rings is 1. The van der Waals surface area contributed by atoms with E-state index in [1.165, 1.54) is 61.4 Å². The zero-order valence-electron chi connectivity index (χ0n) is 17.3. The van der Waals surface area contributed by atoms with Gasteiger partial charge in [-0.1, -0.05) is 24.3 Å². The van der Waals surface area contributed by atoms with Crippen LogP contribution < -0.4 is 4.90 Å². The van der Waals surface area contributed by atoms with Crippen LogP contribution in [0.3, 0.4) is 0 Å². The second-order valence-electron chi connectivity index (χ2n) is 8.19. The number of aryl methyl sites for hydroxylation is 1. The van der Waals surface area contributed by atoms with Gasteiger partial charge in [-0.2, -0.15) is 0 Å². The van der Waals surface area contributed by atoms with E-state index in [2.05, 4.69) is 72.0 Å². The summed E-state index contributed by atoms with van der Waals surface area (Å²) in [5, 5.41) is 1.10. The molecule has 0 aliphatic carbocycles. The van der Waals surface area contributed by atoms with Crippen molar-refractivity contribution in [3.8, 4) is 0 Å². The Morgan fingerprint density at radius 1 is 1.22 bits per heavy atom. The summed E-state index contributed by atoms with van der Waals surface area (Å²) in [4.78, 5) is 13.1. The summed E-state index contributed by atoms with van der Waals surface area (Å²) in [6.45, 7) is 8.09. The van der Waals surface area contributed by atoms with Gasteiger partial charge in [0.2, 0.25) is 0 Å². The van der Waals surface area contributed by atoms with Crippen LogP contribution in [-0.2, 0) is 13.0 Å². The molecular formula is C22H34N4S. The third-order valence-electron chi connectivity index (χ3n) is 5.48. The van der Waals surface area contributed by atoms with Gasteiger partial charge in [0.25, 0.3) is 0 Å². The van der Waals surface area contributed by atoms with E-state index in [9.17, 15) is 0 Å². The van der Waals surface area contributed by atoms with Gasteiger partial charge >= 0.3 is 0 Å². The molecule has 4 nitrogen and oxygen atoms in total. The highest BCUT2D eigenvalue weighted by Gasteiger charge is 2.21. The Bertz CT molecular complexity index is 712. The van der Waals surface area contributed by atoms with Crippen LogP contribution in [-0.4, -0.2) is 62.1 Å². The second kappa shape index (κ2) is 9.67. The van der Waals surface area contributed by atoms with Gasteiger partial charge in [-0.05, 0) is 56.8 Å². The van der Waals surface area contributed by atoms with E-state index in [1.54, 1.807) is 11.3 Å². The maximum Gasteiger partial charge on any atom is 0.185 e. The Morgan fingerprint density at radius 2 is 2.04 bits per heavy atom. The highest BCUT2D eigenvalue weighted by atomic mass is 32.1. The standard InChI is InChI=1S/C22H34N4S/c1-18-8-5-6-10-20(18)11-13-26-12-7-9-19(16-26)15-25(4)17-21-14-23-22(27-21)24(2)3/h5-6,8,10,14,19H,7,9,11-13,15-17H2,1-4H3/t19-/m1/s1. The first kappa shape index (κ1) is 20.3. The Hall–Kier alpha value is -1.43. The molecule has 1 aliphatic heterocycles. The molecule has 1 atom stereocenters. The lowest BCUT2D eigenvalue weighted by atomic mass is 9.96. The molecule has 1 aliphatic rings. The summed E-state index contributed by atoms with van der Waals surface area (Å²) in [6.07, 6.45) is 5.89. The summed E-state index contributed by atoms with van der Waals surface area (Å²) in [7, 11) is 6.36. The monoisotopic (exact) mass is 386 g/mol. The predicted molar refractivity (Wildman–Crippen MR) is 117 cm³/mol. The lowest BCUT2D eigenvalue weighted by Crippen LogP contribution is -2.40. The third-order valence-corrected chi connectivity index (χ3v) is 6.63. The number of anilines is 1. The smallest absolute Gasteiger partial charge is 0.185 e. The van der Waals surface area contributed by atoms with Crippen LogP contribution >= 0.6 is 11.3 Å². The molecule has 0 radical (unpaired) electrons. The van der Waals surface area contributed by atoms with Crippen molar-refractivity contribution in [2.24, 2.45) is 5.92 Å². The van der Waals surface area contributed by atoms with E-state index in [4.69, 9.17) is 0 Å². The fourth-order valence-electron chi connectivity index (χ4n) is 4.02. The Morgan fingerprint density at radius 3 is 2.78 bits per heavy atom. The van der Waals surface area contributed by atoms with Crippen LogP contribution in [0.2, 0.25) is 0 Å². The molecule has 1 saturated heterocycles. The van der Waals surface area contributed by atoms with Gasteiger partial charge in [-0.15, -0.1) is 11.3 Å². The fraction of sp³-hybridized carbons (Fsp3) is 0.591. The number of hydrogen-bond donors (Lipinski definition) is 0. The third kappa shape index (κ3) is 6.03. The van der Waals surface area contributed by atoms with Gasteiger partial charge in [-0.3, -0.25) is 0 Å². The second-order valence-corrected chi connectivity index (χ2v) is 9.28. The highest BCUT2D eigenvalue weighted by Crippen LogP contribution is 2.23. The van der Waals surface area contributed by atoms with Crippen molar-refractivity contribution in [2.75, 3.05) is 52.2 Å². The molecule has 0 spiro atoms. The quantitative estimate of drug-likeness (QED) is 0.686. The first-order chi connectivity index (χ1) is 13.0. The van der Waals surface area contributed by atoms with Crippen LogP contribution in [0, 0.1) is 12.8 Å². The normalized spacial score (nSPS) is 18.2. The first-order valence-corrected chi connectivity index (χ1v) is 10.9. The van der Waals surface area contributed by atoms with Crippen molar-refractivity contribution in [1.82, 2.24) is 14.8 Å². The molecule has 5 heteroatoms. The maximum atomic E-state index is 4.50. The molecule has 0 unspecified atom stereocenters. The van der Waals surface area contributed by atoms with Crippen molar-refractivity contribution >= 4 is 16.5 Å². The van der Waals surface area contributed by atoms with Crippen LogP contribution in [0.1, 0.15) is 28.8 Å². The number of nitrogens with zero attached hydrogens (tertiary/aromatic N) is 4. The average Bonchev–Trinajstić information content (AvgIpc) is 3.10. The van der Waals surface area contributed by atoms with Gasteiger partial charge in [0.05, 0.1) is 0 Å². The summed E-state index contributed by atoms with van der Waals surface area (Å²) in [5.41, 5.74) is 2.92. The van der Waals surface area contributed by atoms with Crippen LogP contribution in [0.5, 0.6) is 0 Å². The summed E-state index contributed by atoms with van der Waals surface area (Å²) in [5.74, 6) is 0.780. The number of likely N-dealkylation sites (tertiary alicyclic amines) is 1.